The van der Waals surface area contributed by atoms with E-state index in [4.69, 9.17) is 16.3 Å². The second-order valence-electron chi connectivity index (χ2n) is 1.33. The standard InChI is InChI=1S/C5H5ClN2O/c6-3-9-5-1-7-4-8-2-5/h1-2,4H,3H2. The molecule has 0 bridgehead atoms. The summed E-state index contributed by atoms with van der Waals surface area (Å²) in [6.07, 6.45) is 4.53. The van der Waals surface area contributed by atoms with Gasteiger partial charge in [-0.15, -0.1) is 0 Å². The molecule has 0 atom stereocenters. The summed E-state index contributed by atoms with van der Waals surface area (Å²) in [6.45, 7) is 0. The van der Waals surface area contributed by atoms with Gasteiger partial charge in [0.05, 0.1) is 12.4 Å². The highest BCUT2D eigenvalue weighted by molar-refractivity contribution is 6.17. The van der Waals surface area contributed by atoms with E-state index in [9.17, 15) is 0 Å². The van der Waals surface area contributed by atoms with E-state index in [1.54, 1.807) is 12.4 Å². The summed E-state index contributed by atoms with van der Waals surface area (Å²) in [7, 11) is 0. The van der Waals surface area contributed by atoms with E-state index in [2.05, 4.69) is 9.97 Å². The van der Waals surface area contributed by atoms with E-state index in [1.165, 1.54) is 6.33 Å². The van der Waals surface area contributed by atoms with Gasteiger partial charge in [0.15, 0.2) is 11.8 Å². The molecule has 0 amide bonds. The van der Waals surface area contributed by atoms with Crippen molar-refractivity contribution in [2.24, 2.45) is 0 Å². The summed E-state index contributed by atoms with van der Waals surface area (Å²) >= 11 is 5.26. The lowest BCUT2D eigenvalue weighted by Gasteiger charge is -1.96. The van der Waals surface area contributed by atoms with Gasteiger partial charge in [0.1, 0.15) is 6.33 Å². The molecule has 0 aliphatic heterocycles. The SMILES string of the molecule is ClCOc1cncnc1. The zero-order valence-corrected chi connectivity index (χ0v) is 5.38. The molecule has 0 fully saturated rings. The number of ether oxygens (including phenoxy) is 1. The maximum Gasteiger partial charge on any atom is 0.162 e. The molecule has 0 N–H and O–H groups in total. The molecule has 0 saturated carbocycles. The van der Waals surface area contributed by atoms with Gasteiger partial charge in [0.25, 0.3) is 0 Å². The summed E-state index contributed by atoms with van der Waals surface area (Å²) in [4.78, 5) is 7.42. The molecule has 0 aromatic carbocycles. The van der Waals surface area contributed by atoms with E-state index in [1.807, 2.05) is 0 Å². The number of aromatic nitrogens is 2. The second kappa shape index (κ2) is 3.25. The van der Waals surface area contributed by atoms with E-state index >= 15 is 0 Å². The van der Waals surface area contributed by atoms with Gasteiger partial charge < -0.3 is 4.74 Å². The van der Waals surface area contributed by atoms with Crippen LogP contribution in [0.2, 0.25) is 0 Å². The molecule has 1 rings (SSSR count). The van der Waals surface area contributed by atoms with Crippen LogP contribution in [0.1, 0.15) is 0 Å². The third-order valence-corrected chi connectivity index (χ3v) is 0.867. The van der Waals surface area contributed by atoms with Crippen LogP contribution in [0, 0.1) is 0 Å². The number of halogens is 1. The number of hydrogen-bond acceptors (Lipinski definition) is 3. The van der Waals surface area contributed by atoms with Gasteiger partial charge in [0, 0.05) is 0 Å². The Labute approximate surface area is 57.7 Å². The van der Waals surface area contributed by atoms with Crippen LogP contribution in [-0.4, -0.2) is 16.0 Å². The van der Waals surface area contributed by atoms with Gasteiger partial charge in [-0.25, -0.2) is 9.97 Å². The van der Waals surface area contributed by atoms with Crippen LogP contribution in [-0.2, 0) is 0 Å². The first kappa shape index (κ1) is 6.29. The summed E-state index contributed by atoms with van der Waals surface area (Å²) < 4.78 is 4.85. The molecule has 1 aromatic rings. The van der Waals surface area contributed by atoms with E-state index in [0.29, 0.717) is 5.75 Å². The van der Waals surface area contributed by atoms with E-state index in [0.717, 1.165) is 0 Å². The largest absolute Gasteiger partial charge is 0.475 e. The molecule has 0 saturated heterocycles. The molecule has 0 aliphatic carbocycles. The molecular weight excluding hydrogens is 140 g/mol. The van der Waals surface area contributed by atoms with Crippen molar-refractivity contribution in [1.82, 2.24) is 9.97 Å². The number of rotatable bonds is 2. The quantitative estimate of drug-likeness (QED) is 0.582. The third kappa shape index (κ3) is 1.85. The normalized spacial score (nSPS) is 9.00. The van der Waals surface area contributed by atoms with Crippen molar-refractivity contribution in [3.8, 4) is 5.75 Å². The average Bonchev–Trinajstić information content (AvgIpc) is 1.91. The van der Waals surface area contributed by atoms with Crippen molar-refractivity contribution in [3.05, 3.63) is 18.7 Å². The minimum Gasteiger partial charge on any atom is -0.475 e. The summed E-state index contributed by atoms with van der Waals surface area (Å²) in [6, 6.07) is 0.132. The highest BCUT2D eigenvalue weighted by Crippen LogP contribution is 2.03. The van der Waals surface area contributed by atoms with Crippen molar-refractivity contribution in [3.63, 3.8) is 0 Å². The maximum absolute atomic E-state index is 5.26. The van der Waals surface area contributed by atoms with Crippen LogP contribution >= 0.6 is 11.6 Å². The molecule has 1 aromatic heterocycles. The fraction of sp³-hybridized carbons (Fsp3) is 0.200. The third-order valence-electron chi connectivity index (χ3n) is 0.758. The van der Waals surface area contributed by atoms with E-state index in [-0.39, 0.29) is 6.07 Å². The molecule has 3 nitrogen and oxygen atoms in total. The van der Waals surface area contributed by atoms with Gasteiger partial charge in [0.2, 0.25) is 0 Å². The minimum absolute atomic E-state index is 0.132. The average molecular weight is 145 g/mol. The van der Waals surface area contributed by atoms with Crippen molar-refractivity contribution in [2.75, 3.05) is 6.07 Å². The topological polar surface area (TPSA) is 35.0 Å². The first-order valence-electron chi connectivity index (χ1n) is 2.37. The molecule has 0 unspecified atom stereocenters. The van der Waals surface area contributed by atoms with Crippen LogP contribution in [0.15, 0.2) is 18.7 Å². The molecule has 0 radical (unpaired) electrons. The Bertz CT molecular complexity index is 168. The molecule has 1 heterocycles. The molecule has 9 heavy (non-hydrogen) atoms. The van der Waals surface area contributed by atoms with Crippen LogP contribution in [0.4, 0.5) is 0 Å². The zero-order valence-electron chi connectivity index (χ0n) is 4.62. The van der Waals surface area contributed by atoms with Gasteiger partial charge in [-0.3, -0.25) is 0 Å². The van der Waals surface area contributed by atoms with Crippen molar-refractivity contribution in [2.45, 2.75) is 0 Å². The first-order chi connectivity index (χ1) is 4.43. The lowest BCUT2D eigenvalue weighted by Crippen LogP contribution is -1.89. The van der Waals surface area contributed by atoms with Gasteiger partial charge in [-0.05, 0) is 0 Å². The van der Waals surface area contributed by atoms with Crippen LogP contribution in [0.25, 0.3) is 0 Å². The fourth-order valence-corrected chi connectivity index (χ4v) is 0.549. The lowest BCUT2D eigenvalue weighted by atomic mass is 10.6. The number of nitrogens with zero attached hydrogens (tertiary/aromatic N) is 2. The van der Waals surface area contributed by atoms with Crippen molar-refractivity contribution in [1.29, 1.82) is 0 Å². The summed E-state index contributed by atoms with van der Waals surface area (Å²) in [5, 5.41) is 0. The van der Waals surface area contributed by atoms with Crippen LogP contribution in [0.5, 0.6) is 5.75 Å². The molecule has 0 spiro atoms. The molecular formula is C5H5ClN2O. The fourth-order valence-electron chi connectivity index (χ4n) is 0.423. The van der Waals surface area contributed by atoms with Gasteiger partial charge in [-0.2, -0.15) is 0 Å². The monoisotopic (exact) mass is 144 g/mol. The van der Waals surface area contributed by atoms with Crippen LogP contribution < -0.4 is 4.74 Å². The molecule has 48 valence electrons. The Morgan fingerprint density at radius 2 is 2.11 bits per heavy atom. The molecule has 0 aliphatic rings. The zero-order chi connectivity index (χ0) is 6.53. The number of alkyl halides is 1. The lowest BCUT2D eigenvalue weighted by molar-refractivity contribution is 0.384. The Hall–Kier alpha value is -0.830. The van der Waals surface area contributed by atoms with Gasteiger partial charge >= 0.3 is 0 Å². The Morgan fingerprint density at radius 1 is 1.44 bits per heavy atom. The Morgan fingerprint density at radius 3 is 2.67 bits per heavy atom. The highest BCUT2D eigenvalue weighted by atomic mass is 35.5. The van der Waals surface area contributed by atoms with E-state index < -0.39 is 0 Å². The highest BCUT2D eigenvalue weighted by Gasteiger charge is 1.87. The Balaban J connectivity index is 2.61. The summed E-state index contributed by atoms with van der Waals surface area (Å²) in [5.74, 6) is 0.590. The second-order valence-corrected chi connectivity index (χ2v) is 1.55. The first-order valence-corrected chi connectivity index (χ1v) is 2.90. The number of hydrogen-bond donors (Lipinski definition) is 0. The Kier molecular flexibility index (Phi) is 2.27. The summed E-state index contributed by atoms with van der Waals surface area (Å²) in [5.41, 5.74) is 0. The maximum atomic E-state index is 5.26. The molecule has 4 heteroatoms. The minimum atomic E-state index is 0.132. The van der Waals surface area contributed by atoms with Crippen LogP contribution in [0.3, 0.4) is 0 Å². The smallest absolute Gasteiger partial charge is 0.162 e. The predicted molar refractivity (Wildman–Crippen MR) is 33.4 cm³/mol. The van der Waals surface area contributed by atoms with Crippen molar-refractivity contribution < 1.29 is 4.74 Å². The van der Waals surface area contributed by atoms with Gasteiger partial charge in [-0.1, -0.05) is 11.6 Å². The van der Waals surface area contributed by atoms with Crippen molar-refractivity contribution >= 4 is 11.6 Å². The predicted octanol–water partition coefficient (Wildman–Crippen LogP) is 1.05.